The first-order valence-corrected chi connectivity index (χ1v) is 7.74. The lowest BCUT2D eigenvalue weighted by atomic mass is 9.99. The Balaban J connectivity index is 2.60. The standard InChI is InChI=1S/C15H28N2O3/c1-4-11(2)13(15(19)20)16-14(18)12(3)17-9-7-5-6-8-10-17/h11-13H,4-10H2,1-3H3,(H,16,18)(H,19,20)/t11-,12-,13-/m0/s1. The zero-order valence-electron chi connectivity index (χ0n) is 12.9. The van der Waals surface area contributed by atoms with Gasteiger partial charge in [-0.05, 0) is 38.8 Å². The lowest BCUT2D eigenvalue weighted by Crippen LogP contribution is -2.52. The van der Waals surface area contributed by atoms with Crippen molar-refractivity contribution < 1.29 is 14.7 Å². The van der Waals surface area contributed by atoms with Gasteiger partial charge in [0.05, 0.1) is 6.04 Å². The molecule has 0 spiro atoms. The Kier molecular flexibility index (Phi) is 6.99. The predicted octanol–water partition coefficient (Wildman–Crippen LogP) is 1.87. The second-order valence-corrected chi connectivity index (χ2v) is 5.84. The highest BCUT2D eigenvalue weighted by atomic mass is 16.4. The second kappa shape index (κ2) is 8.25. The monoisotopic (exact) mass is 284 g/mol. The topological polar surface area (TPSA) is 69.6 Å². The van der Waals surface area contributed by atoms with Crippen LogP contribution in [0.25, 0.3) is 0 Å². The largest absolute Gasteiger partial charge is 0.480 e. The van der Waals surface area contributed by atoms with Gasteiger partial charge in [0.25, 0.3) is 0 Å². The van der Waals surface area contributed by atoms with Gasteiger partial charge in [-0.25, -0.2) is 4.79 Å². The third kappa shape index (κ3) is 4.78. The van der Waals surface area contributed by atoms with Crippen LogP contribution in [0, 0.1) is 5.92 Å². The van der Waals surface area contributed by atoms with Crippen molar-refractivity contribution >= 4 is 11.9 Å². The van der Waals surface area contributed by atoms with Crippen molar-refractivity contribution in [3.05, 3.63) is 0 Å². The Bertz CT molecular complexity index is 325. The summed E-state index contributed by atoms with van der Waals surface area (Å²) in [4.78, 5) is 25.7. The number of carbonyl (C=O) groups excluding carboxylic acids is 1. The molecule has 0 bridgehead atoms. The lowest BCUT2D eigenvalue weighted by Gasteiger charge is -2.29. The summed E-state index contributed by atoms with van der Waals surface area (Å²) in [6, 6.07) is -1.04. The molecule has 0 saturated carbocycles. The molecule has 3 atom stereocenters. The van der Waals surface area contributed by atoms with Crippen LogP contribution in [-0.4, -0.2) is 47.1 Å². The van der Waals surface area contributed by atoms with Crippen molar-refractivity contribution in [2.75, 3.05) is 13.1 Å². The number of hydrogen-bond acceptors (Lipinski definition) is 3. The highest BCUT2D eigenvalue weighted by Crippen LogP contribution is 2.14. The van der Waals surface area contributed by atoms with Crippen LogP contribution in [-0.2, 0) is 9.59 Å². The normalized spacial score (nSPS) is 21.6. The average Bonchev–Trinajstić information content (AvgIpc) is 2.71. The molecule has 0 aromatic carbocycles. The summed E-state index contributed by atoms with van der Waals surface area (Å²) < 4.78 is 0. The third-order valence-corrected chi connectivity index (χ3v) is 4.34. The summed E-state index contributed by atoms with van der Waals surface area (Å²) in [6.07, 6.45) is 5.40. The Morgan fingerprint density at radius 2 is 1.70 bits per heavy atom. The molecule has 1 amide bonds. The van der Waals surface area contributed by atoms with Gasteiger partial charge in [-0.3, -0.25) is 9.69 Å². The van der Waals surface area contributed by atoms with Crippen LogP contribution < -0.4 is 5.32 Å². The molecular weight excluding hydrogens is 256 g/mol. The molecule has 5 heteroatoms. The van der Waals surface area contributed by atoms with Crippen LogP contribution in [0.3, 0.4) is 0 Å². The van der Waals surface area contributed by atoms with Gasteiger partial charge in [0.1, 0.15) is 6.04 Å². The van der Waals surface area contributed by atoms with Crippen molar-refractivity contribution in [1.82, 2.24) is 10.2 Å². The second-order valence-electron chi connectivity index (χ2n) is 5.84. The number of rotatable bonds is 6. The fourth-order valence-electron chi connectivity index (χ4n) is 2.61. The molecule has 1 heterocycles. The van der Waals surface area contributed by atoms with E-state index in [1.54, 1.807) is 0 Å². The first-order valence-electron chi connectivity index (χ1n) is 7.74. The molecule has 1 fully saturated rings. The number of hydrogen-bond donors (Lipinski definition) is 2. The highest BCUT2D eigenvalue weighted by Gasteiger charge is 2.29. The van der Waals surface area contributed by atoms with E-state index < -0.39 is 12.0 Å². The molecule has 0 aromatic heterocycles. The molecule has 1 saturated heterocycles. The maximum Gasteiger partial charge on any atom is 0.326 e. The van der Waals surface area contributed by atoms with E-state index in [-0.39, 0.29) is 17.9 Å². The van der Waals surface area contributed by atoms with Gasteiger partial charge >= 0.3 is 5.97 Å². The molecule has 20 heavy (non-hydrogen) atoms. The Hall–Kier alpha value is -1.10. The van der Waals surface area contributed by atoms with E-state index in [1.165, 1.54) is 12.8 Å². The van der Waals surface area contributed by atoms with Crippen molar-refractivity contribution in [2.24, 2.45) is 5.92 Å². The Morgan fingerprint density at radius 3 is 2.15 bits per heavy atom. The van der Waals surface area contributed by atoms with E-state index in [9.17, 15) is 14.7 Å². The van der Waals surface area contributed by atoms with E-state index in [2.05, 4.69) is 10.2 Å². The van der Waals surface area contributed by atoms with Crippen molar-refractivity contribution in [1.29, 1.82) is 0 Å². The van der Waals surface area contributed by atoms with Gasteiger partial charge in [0, 0.05) is 0 Å². The summed E-state index contributed by atoms with van der Waals surface area (Å²) in [7, 11) is 0. The molecule has 116 valence electrons. The maximum atomic E-state index is 12.3. The van der Waals surface area contributed by atoms with Crippen molar-refractivity contribution in [3.63, 3.8) is 0 Å². The van der Waals surface area contributed by atoms with Gasteiger partial charge < -0.3 is 10.4 Å². The van der Waals surface area contributed by atoms with Crippen LogP contribution >= 0.6 is 0 Å². The minimum absolute atomic E-state index is 0.0622. The molecule has 1 aliphatic heterocycles. The number of carbonyl (C=O) groups is 2. The zero-order chi connectivity index (χ0) is 15.1. The fourth-order valence-corrected chi connectivity index (χ4v) is 2.61. The third-order valence-electron chi connectivity index (χ3n) is 4.34. The number of carboxylic acid groups (broad SMARTS) is 1. The summed E-state index contributed by atoms with van der Waals surface area (Å²) in [5.74, 6) is -1.18. The number of nitrogens with one attached hydrogen (secondary N) is 1. The molecular formula is C15H28N2O3. The molecule has 0 radical (unpaired) electrons. The van der Waals surface area contributed by atoms with Crippen LogP contribution in [0.1, 0.15) is 52.9 Å². The number of carboxylic acids is 1. The zero-order valence-corrected chi connectivity index (χ0v) is 12.9. The van der Waals surface area contributed by atoms with E-state index in [0.717, 1.165) is 32.4 Å². The lowest BCUT2D eigenvalue weighted by molar-refractivity contribution is -0.144. The van der Waals surface area contributed by atoms with Gasteiger partial charge in [-0.15, -0.1) is 0 Å². The van der Waals surface area contributed by atoms with Gasteiger partial charge in [0.2, 0.25) is 5.91 Å². The molecule has 0 aliphatic carbocycles. The quantitative estimate of drug-likeness (QED) is 0.781. The first kappa shape index (κ1) is 17.0. The highest BCUT2D eigenvalue weighted by molar-refractivity contribution is 5.86. The summed E-state index contributed by atoms with van der Waals surface area (Å²) >= 11 is 0. The number of likely N-dealkylation sites (tertiary alicyclic amines) is 1. The maximum absolute atomic E-state index is 12.3. The van der Waals surface area contributed by atoms with Crippen molar-refractivity contribution in [2.45, 2.75) is 65.0 Å². The molecule has 1 rings (SSSR count). The molecule has 0 aromatic rings. The first-order chi connectivity index (χ1) is 9.47. The minimum atomic E-state index is -0.948. The van der Waals surface area contributed by atoms with E-state index in [0.29, 0.717) is 0 Å². The number of aliphatic carboxylic acids is 1. The summed E-state index contributed by atoms with van der Waals surface area (Å²) in [6.45, 7) is 7.52. The van der Waals surface area contributed by atoms with Crippen LogP contribution in [0.2, 0.25) is 0 Å². The SMILES string of the molecule is CC[C@H](C)[C@H](NC(=O)[C@H](C)N1CCCCCC1)C(=O)O. The van der Waals surface area contributed by atoms with E-state index in [4.69, 9.17) is 0 Å². The van der Waals surface area contributed by atoms with Gasteiger partial charge in [0.15, 0.2) is 0 Å². The molecule has 5 nitrogen and oxygen atoms in total. The van der Waals surface area contributed by atoms with Gasteiger partial charge in [-0.1, -0.05) is 33.1 Å². The number of amides is 1. The Morgan fingerprint density at radius 1 is 1.15 bits per heavy atom. The molecule has 0 unspecified atom stereocenters. The van der Waals surface area contributed by atoms with E-state index >= 15 is 0 Å². The molecule has 1 aliphatic rings. The smallest absolute Gasteiger partial charge is 0.326 e. The average molecular weight is 284 g/mol. The summed E-state index contributed by atoms with van der Waals surface area (Å²) in [5.41, 5.74) is 0. The Labute approximate surface area is 121 Å². The summed E-state index contributed by atoms with van der Waals surface area (Å²) in [5, 5.41) is 11.9. The predicted molar refractivity (Wildman–Crippen MR) is 78.5 cm³/mol. The van der Waals surface area contributed by atoms with Crippen LogP contribution in [0.4, 0.5) is 0 Å². The van der Waals surface area contributed by atoms with Crippen LogP contribution in [0.15, 0.2) is 0 Å². The number of nitrogens with zero attached hydrogens (tertiary/aromatic N) is 1. The molecule has 2 N–H and O–H groups in total. The fraction of sp³-hybridized carbons (Fsp3) is 0.867. The minimum Gasteiger partial charge on any atom is -0.480 e. The van der Waals surface area contributed by atoms with Gasteiger partial charge in [-0.2, -0.15) is 0 Å². The van der Waals surface area contributed by atoms with Crippen molar-refractivity contribution in [3.8, 4) is 0 Å². The van der Waals surface area contributed by atoms with Crippen LogP contribution in [0.5, 0.6) is 0 Å². The van der Waals surface area contributed by atoms with E-state index in [1.807, 2.05) is 20.8 Å².